The smallest absolute Gasteiger partial charge is 0.313 e. The van der Waals surface area contributed by atoms with Crippen molar-refractivity contribution in [3.05, 3.63) is 28.2 Å². The van der Waals surface area contributed by atoms with E-state index in [-0.39, 0.29) is 5.02 Å². The Morgan fingerprint density at radius 1 is 1.21 bits per heavy atom. The largest absolute Gasteiger partial charge is 0.361 e. The molecular weight excluding hydrogens is 227 g/mol. The first kappa shape index (κ1) is 10.8. The summed E-state index contributed by atoms with van der Waals surface area (Å²) in [5.74, 6) is -1.96. The van der Waals surface area contributed by atoms with E-state index in [1.165, 1.54) is 18.2 Å². The Labute approximate surface area is 90.0 Å². The van der Waals surface area contributed by atoms with Crippen LogP contribution in [0.5, 0.6) is 0 Å². The van der Waals surface area contributed by atoms with Crippen LogP contribution in [0.25, 0.3) is 0 Å². The van der Waals surface area contributed by atoms with Gasteiger partial charge in [-0.2, -0.15) is 0 Å². The summed E-state index contributed by atoms with van der Waals surface area (Å²) in [5.41, 5.74) is 5.11. The Bertz CT molecular complexity index is 393. The number of amides is 2. The van der Waals surface area contributed by atoms with E-state index in [1.54, 1.807) is 0 Å². The van der Waals surface area contributed by atoms with Gasteiger partial charge < -0.3 is 11.1 Å². The summed E-state index contributed by atoms with van der Waals surface area (Å²) in [6, 6.07) is 4.43. The maximum Gasteiger partial charge on any atom is 0.313 e. The molecule has 14 heavy (non-hydrogen) atoms. The Kier molecular flexibility index (Phi) is 3.33. The summed E-state index contributed by atoms with van der Waals surface area (Å²) in [7, 11) is 0. The Hall–Kier alpha value is -1.26. The zero-order chi connectivity index (χ0) is 10.7. The molecule has 0 fully saturated rings. The molecule has 0 aromatic heterocycles. The average Bonchev–Trinajstić information content (AvgIpc) is 2.11. The van der Waals surface area contributed by atoms with Crippen molar-refractivity contribution in [1.29, 1.82) is 0 Å². The predicted molar refractivity (Wildman–Crippen MR) is 54.3 cm³/mol. The van der Waals surface area contributed by atoms with E-state index < -0.39 is 11.8 Å². The van der Waals surface area contributed by atoms with Crippen LogP contribution < -0.4 is 11.1 Å². The minimum Gasteiger partial charge on any atom is -0.361 e. The quantitative estimate of drug-likeness (QED) is 0.720. The van der Waals surface area contributed by atoms with Gasteiger partial charge in [-0.15, -0.1) is 0 Å². The number of nitrogens with two attached hydrogens (primary N) is 1. The molecule has 74 valence electrons. The van der Waals surface area contributed by atoms with Crippen LogP contribution in [-0.2, 0) is 9.59 Å². The molecule has 0 unspecified atom stereocenters. The Morgan fingerprint density at radius 3 is 2.36 bits per heavy atom. The van der Waals surface area contributed by atoms with E-state index in [2.05, 4.69) is 5.32 Å². The lowest BCUT2D eigenvalue weighted by Crippen LogP contribution is -2.29. The minimum atomic E-state index is -1.06. The minimum absolute atomic E-state index is 0.286. The molecule has 6 heteroatoms. The molecule has 0 heterocycles. The van der Waals surface area contributed by atoms with Crippen LogP contribution in [0.15, 0.2) is 18.2 Å². The molecule has 4 nitrogen and oxygen atoms in total. The highest BCUT2D eigenvalue weighted by Crippen LogP contribution is 2.24. The number of halogens is 2. The molecule has 0 bridgehead atoms. The number of hydrogen-bond acceptors (Lipinski definition) is 2. The van der Waals surface area contributed by atoms with Gasteiger partial charge in [-0.25, -0.2) is 0 Å². The van der Waals surface area contributed by atoms with Crippen molar-refractivity contribution in [3.8, 4) is 0 Å². The fraction of sp³-hybridized carbons (Fsp3) is 0. The first-order valence-corrected chi connectivity index (χ1v) is 4.32. The highest BCUT2D eigenvalue weighted by atomic mass is 35.5. The third kappa shape index (κ3) is 2.61. The van der Waals surface area contributed by atoms with Crippen molar-refractivity contribution < 1.29 is 9.59 Å². The zero-order valence-electron chi connectivity index (χ0n) is 6.88. The van der Waals surface area contributed by atoms with Gasteiger partial charge in [0, 0.05) is 5.69 Å². The van der Waals surface area contributed by atoms with Gasteiger partial charge in [-0.1, -0.05) is 23.2 Å². The van der Waals surface area contributed by atoms with E-state index >= 15 is 0 Å². The van der Waals surface area contributed by atoms with E-state index in [0.29, 0.717) is 10.7 Å². The number of hydrogen-bond donors (Lipinski definition) is 2. The SMILES string of the molecule is NC(=O)C(=O)Nc1ccc(Cl)c(Cl)c1. The van der Waals surface area contributed by atoms with E-state index in [1.807, 2.05) is 0 Å². The molecule has 0 spiro atoms. The van der Waals surface area contributed by atoms with Gasteiger partial charge in [-0.3, -0.25) is 9.59 Å². The highest BCUT2D eigenvalue weighted by Gasteiger charge is 2.09. The molecule has 0 aliphatic carbocycles. The summed E-state index contributed by atoms with van der Waals surface area (Å²) >= 11 is 11.3. The summed E-state index contributed by atoms with van der Waals surface area (Å²) in [5, 5.41) is 2.90. The van der Waals surface area contributed by atoms with Crippen LogP contribution in [0.1, 0.15) is 0 Å². The third-order valence-corrected chi connectivity index (χ3v) is 2.14. The average molecular weight is 233 g/mol. The lowest BCUT2D eigenvalue weighted by atomic mass is 10.3. The molecule has 2 amide bonds. The second-order valence-corrected chi connectivity index (χ2v) is 3.26. The van der Waals surface area contributed by atoms with Crippen LogP contribution in [-0.4, -0.2) is 11.8 Å². The summed E-state index contributed by atoms with van der Waals surface area (Å²) < 4.78 is 0. The highest BCUT2D eigenvalue weighted by molar-refractivity contribution is 6.42. The summed E-state index contributed by atoms with van der Waals surface area (Å²) in [6.45, 7) is 0. The van der Waals surface area contributed by atoms with E-state index in [4.69, 9.17) is 28.9 Å². The molecule has 0 saturated carbocycles. The molecule has 0 aliphatic heterocycles. The predicted octanol–water partition coefficient (Wildman–Crippen LogP) is 1.42. The molecule has 3 N–H and O–H groups in total. The lowest BCUT2D eigenvalue weighted by molar-refractivity contribution is -0.134. The van der Waals surface area contributed by atoms with Crippen LogP contribution >= 0.6 is 23.2 Å². The third-order valence-electron chi connectivity index (χ3n) is 1.40. The van der Waals surface area contributed by atoms with Gasteiger partial charge in [0.15, 0.2) is 0 Å². The molecule has 0 aliphatic rings. The monoisotopic (exact) mass is 232 g/mol. The van der Waals surface area contributed by atoms with Crippen LogP contribution in [0, 0.1) is 0 Å². The first-order valence-electron chi connectivity index (χ1n) is 3.56. The van der Waals surface area contributed by atoms with E-state index in [0.717, 1.165) is 0 Å². The second kappa shape index (κ2) is 4.30. The maximum absolute atomic E-state index is 10.8. The fourth-order valence-corrected chi connectivity index (χ4v) is 1.06. The topological polar surface area (TPSA) is 72.2 Å². The van der Waals surface area contributed by atoms with Gasteiger partial charge in [0.05, 0.1) is 10.0 Å². The van der Waals surface area contributed by atoms with Crippen LogP contribution in [0.2, 0.25) is 10.0 Å². The van der Waals surface area contributed by atoms with Crippen molar-refractivity contribution in [1.82, 2.24) is 0 Å². The zero-order valence-corrected chi connectivity index (χ0v) is 8.39. The number of primary amides is 1. The number of carbonyl (C=O) groups is 2. The summed E-state index contributed by atoms with van der Waals surface area (Å²) in [4.78, 5) is 21.3. The number of nitrogens with one attached hydrogen (secondary N) is 1. The Morgan fingerprint density at radius 2 is 1.86 bits per heavy atom. The summed E-state index contributed by atoms with van der Waals surface area (Å²) in [6.07, 6.45) is 0. The van der Waals surface area contributed by atoms with Crippen molar-refractivity contribution >= 4 is 40.7 Å². The number of anilines is 1. The van der Waals surface area contributed by atoms with Gasteiger partial charge in [0.25, 0.3) is 0 Å². The van der Waals surface area contributed by atoms with E-state index in [9.17, 15) is 9.59 Å². The number of carbonyl (C=O) groups excluding carboxylic acids is 2. The standard InChI is InChI=1S/C8H6Cl2N2O2/c9-5-2-1-4(3-6(5)10)12-8(14)7(11)13/h1-3H,(H2,11,13)(H,12,14). The van der Waals surface area contributed by atoms with Crippen molar-refractivity contribution in [2.75, 3.05) is 5.32 Å². The number of rotatable bonds is 1. The fourth-order valence-electron chi connectivity index (χ4n) is 0.767. The molecule has 1 aromatic rings. The van der Waals surface area contributed by atoms with Crippen molar-refractivity contribution in [2.24, 2.45) is 5.73 Å². The normalized spacial score (nSPS) is 9.57. The van der Waals surface area contributed by atoms with Gasteiger partial charge in [0.1, 0.15) is 0 Å². The first-order chi connectivity index (χ1) is 6.50. The van der Waals surface area contributed by atoms with Crippen LogP contribution in [0.3, 0.4) is 0 Å². The second-order valence-electron chi connectivity index (χ2n) is 2.45. The maximum atomic E-state index is 10.8. The van der Waals surface area contributed by atoms with Crippen molar-refractivity contribution in [3.63, 3.8) is 0 Å². The lowest BCUT2D eigenvalue weighted by Gasteiger charge is -2.03. The molecule has 1 aromatic carbocycles. The Balaban J connectivity index is 2.83. The van der Waals surface area contributed by atoms with Crippen molar-refractivity contribution in [2.45, 2.75) is 0 Å². The molecular formula is C8H6Cl2N2O2. The van der Waals surface area contributed by atoms with Gasteiger partial charge in [0.2, 0.25) is 0 Å². The van der Waals surface area contributed by atoms with Crippen LogP contribution in [0.4, 0.5) is 5.69 Å². The molecule has 1 rings (SSSR count). The van der Waals surface area contributed by atoms with Gasteiger partial charge in [-0.05, 0) is 18.2 Å². The molecule has 0 atom stereocenters. The molecule has 0 radical (unpaired) electrons. The molecule has 0 saturated heterocycles. The number of benzene rings is 1. The van der Waals surface area contributed by atoms with Gasteiger partial charge >= 0.3 is 11.8 Å².